The van der Waals surface area contributed by atoms with Crippen LogP contribution in [0.5, 0.6) is 5.75 Å². The molecule has 0 saturated carbocycles. The number of para-hydroxylation sites is 1. The topological polar surface area (TPSA) is 86.1 Å². The molecule has 32 heavy (non-hydrogen) atoms. The number of benzene rings is 2. The third-order valence-electron chi connectivity index (χ3n) is 4.60. The first-order valence-corrected chi connectivity index (χ1v) is 9.31. The summed E-state index contributed by atoms with van der Waals surface area (Å²) in [4.78, 5) is 34.3. The Hall–Kier alpha value is -4.21. The number of nitrogens with zero attached hydrogens (tertiary/aromatic N) is 3. The Morgan fingerprint density at radius 2 is 1.78 bits per heavy atom. The van der Waals surface area contributed by atoms with Crippen molar-refractivity contribution < 1.29 is 22.7 Å². The molecule has 4 rings (SSSR count). The maximum atomic E-state index is 12.9. The lowest BCUT2D eigenvalue weighted by atomic mass is 10.1. The van der Waals surface area contributed by atoms with Gasteiger partial charge in [0.25, 0.3) is 11.5 Å². The predicted molar refractivity (Wildman–Crippen MR) is 111 cm³/mol. The number of carbonyl (C=O) groups excluding carboxylic acids is 1. The van der Waals surface area contributed by atoms with Crippen LogP contribution in [0.4, 0.5) is 19.0 Å². The van der Waals surface area contributed by atoms with Gasteiger partial charge in [0.05, 0.1) is 16.5 Å². The fraction of sp³-hybridized carbons (Fsp3) is 0.0909. The van der Waals surface area contributed by atoms with E-state index in [-0.39, 0.29) is 22.3 Å². The van der Waals surface area contributed by atoms with Gasteiger partial charge >= 0.3 is 6.36 Å². The normalized spacial score (nSPS) is 11.4. The summed E-state index contributed by atoms with van der Waals surface area (Å²) < 4.78 is 42.4. The van der Waals surface area contributed by atoms with Crippen molar-refractivity contribution in [3.8, 4) is 17.1 Å². The fourth-order valence-corrected chi connectivity index (χ4v) is 3.16. The van der Waals surface area contributed by atoms with E-state index in [0.29, 0.717) is 11.4 Å². The van der Waals surface area contributed by atoms with Gasteiger partial charge in [-0.3, -0.25) is 14.2 Å². The van der Waals surface area contributed by atoms with Crippen LogP contribution in [0.25, 0.3) is 22.3 Å². The number of carbonyl (C=O) groups is 1. The van der Waals surface area contributed by atoms with Crippen molar-refractivity contribution >= 4 is 22.6 Å². The highest BCUT2D eigenvalue weighted by Gasteiger charge is 2.31. The number of rotatable bonds is 4. The van der Waals surface area contributed by atoms with Gasteiger partial charge < -0.3 is 10.1 Å². The molecule has 0 fully saturated rings. The van der Waals surface area contributed by atoms with Crippen LogP contribution >= 0.6 is 0 Å². The summed E-state index contributed by atoms with van der Waals surface area (Å²) >= 11 is 0. The Bertz CT molecular complexity index is 1350. The molecular formula is C22H15F3N4O3. The Kier molecular flexibility index (Phi) is 5.35. The van der Waals surface area contributed by atoms with Gasteiger partial charge in [-0.15, -0.1) is 13.2 Å². The first-order valence-electron chi connectivity index (χ1n) is 9.31. The van der Waals surface area contributed by atoms with E-state index in [1.54, 1.807) is 30.3 Å². The summed E-state index contributed by atoms with van der Waals surface area (Å²) in [7, 11) is 1.49. The van der Waals surface area contributed by atoms with Crippen molar-refractivity contribution in [1.82, 2.24) is 14.5 Å². The minimum absolute atomic E-state index is 0.157. The van der Waals surface area contributed by atoms with E-state index in [1.807, 2.05) is 0 Å². The Balaban J connectivity index is 1.78. The van der Waals surface area contributed by atoms with Crippen LogP contribution in [-0.4, -0.2) is 26.8 Å². The number of amides is 1. The van der Waals surface area contributed by atoms with Crippen LogP contribution in [-0.2, 0) is 7.05 Å². The smallest absolute Gasteiger partial charge is 0.406 e. The second-order valence-electron chi connectivity index (χ2n) is 6.74. The van der Waals surface area contributed by atoms with Crippen molar-refractivity contribution in [1.29, 1.82) is 0 Å². The SMILES string of the molecule is Cn1c(-c2ccc(OC(F)(F)F)cc2)nc2c(C(=O)Nc3ccccn3)cccc2c1=O. The second-order valence-corrected chi connectivity index (χ2v) is 6.74. The van der Waals surface area contributed by atoms with Crippen molar-refractivity contribution in [3.63, 3.8) is 0 Å². The fourth-order valence-electron chi connectivity index (χ4n) is 3.16. The van der Waals surface area contributed by atoms with Crippen molar-refractivity contribution in [3.05, 3.63) is 82.8 Å². The van der Waals surface area contributed by atoms with Gasteiger partial charge in [0.15, 0.2) is 0 Å². The highest BCUT2D eigenvalue weighted by atomic mass is 19.4. The minimum atomic E-state index is -4.81. The van der Waals surface area contributed by atoms with E-state index in [1.165, 1.54) is 36.0 Å². The van der Waals surface area contributed by atoms with Gasteiger partial charge in [-0.2, -0.15) is 0 Å². The molecule has 2 heterocycles. The zero-order chi connectivity index (χ0) is 22.9. The van der Waals surface area contributed by atoms with Crippen LogP contribution in [0, 0.1) is 0 Å². The molecule has 0 spiro atoms. The summed E-state index contributed by atoms with van der Waals surface area (Å²) in [5, 5.41) is 2.87. The summed E-state index contributed by atoms with van der Waals surface area (Å²) in [5.74, 6) is -0.393. The molecule has 0 aliphatic heterocycles. The highest BCUT2D eigenvalue weighted by Crippen LogP contribution is 2.26. The quantitative estimate of drug-likeness (QED) is 0.515. The van der Waals surface area contributed by atoms with E-state index in [4.69, 9.17) is 0 Å². The van der Waals surface area contributed by atoms with Crippen molar-refractivity contribution in [2.24, 2.45) is 7.05 Å². The number of aromatic nitrogens is 3. The molecule has 4 aromatic rings. The Labute approximate surface area is 179 Å². The van der Waals surface area contributed by atoms with Gasteiger partial charge in [0, 0.05) is 18.8 Å². The molecule has 10 heteroatoms. The third kappa shape index (κ3) is 4.29. The predicted octanol–water partition coefficient (Wildman–Crippen LogP) is 4.15. The number of halogens is 3. The van der Waals surface area contributed by atoms with Gasteiger partial charge in [-0.25, -0.2) is 9.97 Å². The molecule has 0 aliphatic rings. The zero-order valence-electron chi connectivity index (χ0n) is 16.6. The monoisotopic (exact) mass is 440 g/mol. The lowest BCUT2D eigenvalue weighted by Gasteiger charge is -2.13. The molecule has 162 valence electrons. The maximum absolute atomic E-state index is 12.9. The number of pyridine rings is 1. The summed E-state index contributed by atoms with van der Waals surface area (Å²) in [6, 6.07) is 14.6. The number of hydrogen-bond acceptors (Lipinski definition) is 5. The first-order chi connectivity index (χ1) is 15.2. The molecule has 2 aromatic heterocycles. The van der Waals surface area contributed by atoms with Crippen LogP contribution in [0.1, 0.15) is 10.4 Å². The van der Waals surface area contributed by atoms with Gasteiger partial charge in [0.2, 0.25) is 0 Å². The first kappa shape index (κ1) is 21.0. The van der Waals surface area contributed by atoms with E-state index >= 15 is 0 Å². The van der Waals surface area contributed by atoms with Crippen LogP contribution < -0.4 is 15.6 Å². The number of anilines is 1. The molecule has 0 radical (unpaired) electrons. The average molecular weight is 440 g/mol. The zero-order valence-corrected chi connectivity index (χ0v) is 16.6. The number of hydrogen-bond donors (Lipinski definition) is 1. The summed E-state index contributed by atoms with van der Waals surface area (Å²) in [5.41, 5.74) is 0.285. The van der Waals surface area contributed by atoms with Crippen molar-refractivity contribution in [2.75, 3.05) is 5.32 Å². The van der Waals surface area contributed by atoms with E-state index in [0.717, 1.165) is 12.1 Å². The standard InChI is InChI=1S/C22H15F3N4O3/c1-29-19(13-8-10-14(11-9-13)32-22(23,24)25)28-18-15(5-4-6-16(18)21(29)31)20(30)27-17-7-2-3-12-26-17/h2-12H,1H3,(H,26,27,30). The highest BCUT2D eigenvalue weighted by molar-refractivity contribution is 6.11. The number of alkyl halides is 3. The second kappa shape index (κ2) is 8.14. The largest absolute Gasteiger partial charge is 0.573 e. The number of ether oxygens (including phenoxy) is 1. The summed E-state index contributed by atoms with van der Waals surface area (Å²) in [6.45, 7) is 0. The Morgan fingerprint density at radius 1 is 1.03 bits per heavy atom. The van der Waals surface area contributed by atoms with Crippen molar-refractivity contribution in [2.45, 2.75) is 6.36 Å². The minimum Gasteiger partial charge on any atom is -0.406 e. The van der Waals surface area contributed by atoms with Crippen LogP contribution in [0.3, 0.4) is 0 Å². The number of fused-ring (bicyclic) bond motifs is 1. The lowest BCUT2D eigenvalue weighted by Crippen LogP contribution is -2.22. The maximum Gasteiger partial charge on any atom is 0.573 e. The molecule has 0 saturated heterocycles. The third-order valence-corrected chi connectivity index (χ3v) is 4.60. The molecule has 2 aromatic carbocycles. The van der Waals surface area contributed by atoms with Crippen LogP contribution in [0.15, 0.2) is 71.7 Å². The Morgan fingerprint density at radius 3 is 2.44 bits per heavy atom. The van der Waals surface area contributed by atoms with E-state index in [2.05, 4.69) is 20.0 Å². The molecule has 0 aliphatic carbocycles. The average Bonchev–Trinajstić information content (AvgIpc) is 2.76. The van der Waals surface area contributed by atoms with E-state index < -0.39 is 23.6 Å². The van der Waals surface area contributed by atoms with Crippen LogP contribution in [0.2, 0.25) is 0 Å². The molecular weight excluding hydrogens is 425 g/mol. The molecule has 1 amide bonds. The lowest BCUT2D eigenvalue weighted by molar-refractivity contribution is -0.274. The molecule has 0 atom stereocenters. The molecule has 0 unspecified atom stereocenters. The van der Waals surface area contributed by atoms with Gasteiger partial charge in [-0.05, 0) is 48.5 Å². The van der Waals surface area contributed by atoms with Gasteiger partial charge in [-0.1, -0.05) is 12.1 Å². The molecule has 0 bridgehead atoms. The summed E-state index contributed by atoms with van der Waals surface area (Å²) in [6.07, 6.45) is -3.29. The van der Waals surface area contributed by atoms with Gasteiger partial charge in [0.1, 0.15) is 17.4 Å². The number of nitrogens with one attached hydrogen (secondary N) is 1. The molecule has 1 N–H and O–H groups in total. The molecule has 7 nitrogen and oxygen atoms in total. The van der Waals surface area contributed by atoms with E-state index in [9.17, 15) is 22.8 Å².